The Morgan fingerprint density at radius 1 is 1.03 bits per heavy atom. The molecule has 6 nitrogen and oxygen atoms in total. The van der Waals surface area contributed by atoms with Crippen LogP contribution in [0, 0.1) is 0 Å². The summed E-state index contributed by atoms with van der Waals surface area (Å²) in [6.45, 7) is 4.96. The van der Waals surface area contributed by atoms with Gasteiger partial charge in [0, 0.05) is 25.5 Å². The van der Waals surface area contributed by atoms with Crippen molar-refractivity contribution in [2.45, 2.75) is 26.6 Å². The third-order valence-corrected chi connectivity index (χ3v) is 4.28. The van der Waals surface area contributed by atoms with Crippen molar-refractivity contribution < 1.29 is 4.74 Å². The van der Waals surface area contributed by atoms with Gasteiger partial charge in [0.05, 0.1) is 20.2 Å². The maximum absolute atomic E-state index is 5.20. The monoisotopic (exact) mass is 505 g/mol. The average molecular weight is 505 g/mol. The molecule has 3 rings (SSSR count). The van der Waals surface area contributed by atoms with Crippen LogP contribution < -0.4 is 15.4 Å². The molecule has 0 fully saturated rings. The Balaban J connectivity index is 0.00000300. The van der Waals surface area contributed by atoms with E-state index in [0.717, 1.165) is 24.8 Å². The van der Waals surface area contributed by atoms with Crippen molar-refractivity contribution >= 4 is 29.9 Å². The van der Waals surface area contributed by atoms with Gasteiger partial charge >= 0.3 is 0 Å². The standard InChI is InChI=1S/C22H27N5O.HI/c1-3-23-22(24-15-18-8-10-21(28-2)11-9-18)25-16-19-6-4-7-20(14-19)17-27-13-5-12-26-27;/h4-14H,3,15-17H2,1-2H3,(H2,23,24,25);1H. The van der Waals surface area contributed by atoms with Crippen molar-refractivity contribution in [2.75, 3.05) is 13.7 Å². The zero-order valence-electron chi connectivity index (χ0n) is 16.8. The highest BCUT2D eigenvalue weighted by molar-refractivity contribution is 14.0. The Bertz CT molecular complexity index is 878. The molecule has 0 aliphatic rings. The summed E-state index contributed by atoms with van der Waals surface area (Å²) >= 11 is 0. The van der Waals surface area contributed by atoms with E-state index in [1.165, 1.54) is 16.7 Å². The van der Waals surface area contributed by atoms with Gasteiger partial charge in [0.25, 0.3) is 0 Å². The van der Waals surface area contributed by atoms with E-state index in [1.54, 1.807) is 13.3 Å². The maximum atomic E-state index is 5.20. The van der Waals surface area contributed by atoms with Crippen LogP contribution in [0.15, 0.2) is 72.0 Å². The molecule has 29 heavy (non-hydrogen) atoms. The van der Waals surface area contributed by atoms with Crippen LogP contribution in [0.3, 0.4) is 0 Å². The molecule has 0 radical (unpaired) electrons. The van der Waals surface area contributed by atoms with Crippen LogP contribution in [0.5, 0.6) is 5.75 Å². The smallest absolute Gasteiger partial charge is 0.191 e. The number of methoxy groups -OCH3 is 1. The Hall–Kier alpha value is -2.55. The molecule has 2 N–H and O–H groups in total. The molecule has 0 spiro atoms. The summed E-state index contributed by atoms with van der Waals surface area (Å²) in [5.41, 5.74) is 3.56. The highest BCUT2D eigenvalue weighted by atomic mass is 127. The number of nitrogens with zero attached hydrogens (tertiary/aromatic N) is 3. The van der Waals surface area contributed by atoms with Crippen LogP contribution in [0.25, 0.3) is 0 Å². The summed E-state index contributed by atoms with van der Waals surface area (Å²) in [6, 6.07) is 18.4. The molecule has 0 saturated carbocycles. The topological polar surface area (TPSA) is 63.5 Å². The summed E-state index contributed by atoms with van der Waals surface area (Å²) in [6.07, 6.45) is 3.77. The summed E-state index contributed by atoms with van der Waals surface area (Å²) in [5.74, 6) is 1.66. The highest BCUT2D eigenvalue weighted by Gasteiger charge is 2.01. The summed E-state index contributed by atoms with van der Waals surface area (Å²) < 4.78 is 7.12. The molecule has 0 aliphatic carbocycles. The fourth-order valence-corrected chi connectivity index (χ4v) is 2.85. The number of hydrogen-bond acceptors (Lipinski definition) is 3. The molecule has 0 bridgehead atoms. The van der Waals surface area contributed by atoms with Crippen molar-refractivity contribution in [1.29, 1.82) is 0 Å². The van der Waals surface area contributed by atoms with E-state index in [0.29, 0.717) is 13.1 Å². The van der Waals surface area contributed by atoms with E-state index in [2.05, 4.69) is 46.9 Å². The highest BCUT2D eigenvalue weighted by Crippen LogP contribution is 2.11. The third-order valence-electron chi connectivity index (χ3n) is 4.28. The molecule has 0 aliphatic heterocycles. The Labute approximate surface area is 189 Å². The van der Waals surface area contributed by atoms with Crippen LogP contribution in [0.1, 0.15) is 23.6 Å². The molecule has 7 heteroatoms. The summed E-state index contributed by atoms with van der Waals surface area (Å²) in [4.78, 5) is 4.72. The lowest BCUT2D eigenvalue weighted by Gasteiger charge is -2.12. The largest absolute Gasteiger partial charge is 0.497 e. The molecule has 3 aromatic rings. The van der Waals surface area contributed by atoms with Gasteiger partial charge in [-0.2, -0.15) is 5.10 Å². The average Bonchev–Trinajstić information content (AvgIpc) is 3.24. The molecular weight excluding hydrogens is 477 g/mol. The first-order valence-corrected chi connectivity index (χ1v) is 9.47. The van der Waals surface area contributed by atoms with Crippen LogP contribution >= 0.6 is 24.0 Å². The van der Waals surface area contributed by atoms with Gasteiger partial charge in [0.15, 0.2) is 5.96 Å². The SMILES string of the molecule is CCNC(=NCc1cccc(Cn2cccn2)c1)NCc1ccc(OC)cc1.I. The van der Waals surface area contributed by atoms with Gasteiger partial charge in [-0.3, -0.25) is 4.68 Å². The van der Waals surface area contributed by atoms with E-state index >= 15 is 0 Å². The zero-order valence-corrected chi connectivity index (χ0v) is 19.2. The molecule has 0 amide bonds. The fourth-order valence-electron chi connectivity index (χ4n) is 2.85. The van der Waals surface area contributed by atoms with E-state index in [1.807, 2.05) is 41.2 Å². The minimum Gasteiger partial charge on any atom is -0.497 e. The number of rotatable bonds is 8. The number of guanidine groups is 1. The van der Waals surface area contributed by atoms with Crippen molar-refractivity contribution in [3.8, 4) is 5.75 Å². The summed E-state index contributed by atoms with van der Waals surface area (Å²) in [5, 5.41) is 10.9. The van der Waals surface area contributed by atoms with Gasteiger partial charge in [-0.05, 0) is 41.8 Å². The Kier molecular flexibility index (Phi) is 9.49. The Morgan fingerprint density at radius 3 is 2.52 bits per heavy atom. The molecule has 2 aromatic carbocycles. The number of ether oxygens (including phenoxy) is 1. The van der Waals surface area contributed by atoms with E-state index in [9.17, 15) is 0 Å². The van der Waals surface area contributed by atoms with Crippen molar-refractivity contribution in [2.24, 2.45) is 4.99 Å². The third kappa shape index (κ3) is 7.41. The first-order valence-electron chi connectivity index (χ1n) is 9.47. The van der Waals surface area contributed by atoms with Crippen LogP contribution in [0.4, 0.5) is 0 Å². The minimum absolute atomic E-state index is 0. The van der Waals surface area contributed by atoms with Crippen molar-refractivity contribution in [1.82, 2.24) is 20.4 Å². The lowest BCUT2D eigenvalue weighted by Crippen LogP contribution is -2.36. The van der Waals surface area contributed by atoms with Gasteiger partial charge in [-0.25, -0.2) is 4.99 Å². The number of aromatic nitrogens is 2. The van der Waals surface area contributed by atoms with E-state index in [4.69, 9.17) is 9.73 Å². The van der Waals surface area contributed by atoms with Crippen LogP contribution in [-0.2, 0) is 19.6 Å². The number of hydrogen-bond donors (Lipinski definition) is 2. The molecule has 0 atom stereocenters. The molecular formula is C22H28IN5O. The second-order valence-electron chi connectivity index (χ2n) is 6.42. The quantitative estimate of drug-likeness (QED) is 0.278. The molecule has 154 valence electrons. The fraction of sp³-hybridized carbons (Fsp3) is 0.273. The number of halogens is 1. The van der Waals surface area contributed by atoms with Gasteiger partial charge in [0.1, 0.15) is 5.75 Å². The lowest BCUT2D eigenvalue weighted by atomic mass is 10.1. The predicted molar refractivity (Wildman–Crippen MR) is 128 cm³/mol. The first kappa shape index (κ1) is 22.7. The van der Waals surface area contributed by atoms with Gasteiger partial charge in [-0.15, -0.1) is 24.0 Å². The maximum Gasteiger partial charge on any atom is 0.191 e. The van der Waals surface area contributed by atoms with Crippen LogP contribution in [0.2, 0.25) is 0 Å². The van der Waals surface area contributed by atoms with Crippen molar-refractivity contribution in [3.63, 3.8) is 0 Å². The molecule has 1 heterocycles. The van der Waals surface area contributed by atoms with Crippen molar-refractivity contribution in [3.05, 3.63) is 83.7 Å². The van der Waals surface area contributed by atoms with Gasteiger partial charge in [-0.1, -0.05) is 36.4 Å². The van der Waals surface area contributed by atoms with Gasteiger partial charge in [0.2, 0.25) is 0 Å². The second kappa shape index (κ2) is 12.1. The molecule has 0 saturated heterocycles. The number of benzene rings is 2. The molecule has 1 aromatic heterocycles. The number of nitrogens with one attached hydrogen (secondary N) is 2. The van der Waals surface area contributed by atoms with Crippen LogP contribution in [-0.4, -0.2) is 29.4 Å². The molecule has 0 unspecified atom stereocenters. The zero-order chi connectivity index (χ0) is 19.6. The second-order valence-corrected chi connectivity index (χ2v) is 6.42. The lowest BCUT2D eigenvalue weighted by molar-refractivity contribution is 0.414. The first-order chi connectivity index (χ1) is 13.8. The minimum atomic E-state index is 0. The Morgan fingerprint density at radius 2 is 1.83 bits per heavy atom. The van der Waals surface area contributed by atoms with Gasteiger partial charge < -0.3 is 15.4 Å². The normalized spacial score (nSPS) is 10.9. The predicted octanol–water partition coefficient (Wildman–Crippen LogP) is 3.81. The van der Waals surface area contributed by atoms with E-state index < -0.39 is 0 Å². The van der Waals surface area contributed by atoms with E-state index in [-0.39, 0.29) is 24.0 Å². The number of aliphatic imine (C=N–C) groups is 1. The summed E-state index contributed by atoms with van der Waals surface area (Å²) in [7, 11) is 1.67.